The van der Waals surface area contributed by atoms with Crippen LogP contribution in [0.15, 0.2) is 42.5 Å². The maximum atomic E-state index is 13.9. The van der Waals surface area contributed by atoms with Crippen molar-refractivity contribution < 1.29 is 32.2 Å². The fourth-order valence-corrected chi connectivity index (χ4v) is 2.91. The first-order valence-electron chi connectivity index (χ1n) is 8.98. The lowest BCUT2D eigenvalue weighted by Gasteiger charge is -2.33. The number of methoxy groups -OCH3 is 1. The molecule has 0 radical (unpaired) electrons. The smallest absolute Gasteiger partial charge is 0.432 e. The van der Waals surface area contributed by atoms with Gasteiger partial charge < -0.3 is 14.2 Å². The van der Waals surface area contributed by atoms with Crippen LogP contribution in [0.1, 0.15) is 38.7 Å². The number of hydrogen-bond donors (Lipinski definition) is 0. The van der Waals surface area contributed by atoms with Gasteiger partial charge in [0.05, 0.1) is 6.10 Å². The lowest BCUT2D eigenvalue weighted by Crippen LogP contribution is -2.52. The molecule has 0 saturated carbocycles. The first-order valence-corrected chi connectivity index (χ1v) is 8.98. The monoisotopic (exact) mass is 386 g/mol. The van der Waals surface area contributed by atoms with E-state index in [0.717, 1.165) is 26.4 Å². The topological polar surface area (TPSA) is 48.1 Å². The van der Waals surface area contributed by atoms with Gasteiger partial charge in [-0.25, -0.2) is 4.79 Å². The summed E-state index contributed by atoms with van der Waals surface area (Å²) < 4.78 is 57.1. The maximum absolute atomic E-state index is 13.9. The fourth-order valence-electron chi connectivity index (χ4n) is 2.91. The molecule has 1 aromatic rings. The summed E-state index contributed by atoms with van der Waals surface area (Å²) in [7, 11) is 0.851. The Morgan fingerprint density at radius 1 is 1.30 bits per heavy atom. The predicted octanol–water partition coefficient (Wildman–Crippen LogP) is 4.54. The maximum Gasteiger partial charge on any atom is 0.432 e. The molecule has 1 aliphatic heterocycles. The Morgan fingerprint density at radius 2 is 1.93 bits per heavy atom. The van der Waals surface area contributed by atoms with Crippen LogP contribution >= 0.6 is 0 Å². The van der Waals surface area contributed by atoms with Crippen LogP contribution in [-0.4, -0.2) is 37.6 Å². The summed E-state index contributed by atoms with van der Waals surface area (Å²) in [6.45, 7) is 3.81. The summed E-state index contributed by atoms with van der Waals surface area (Å²) in [5, 5.41) is 0. The number of hydrogen-bond acceptors (Lipinski definition) is 4. The van der Waals surface area contributed by atoms with Crippen molar-refractivity contribution in [3.63, 3.8) is 0 Å². The van der Waals surface area contributed by atoms with Crippen molar-refractivity contribution in [3.8, 4) is 0 Å². The lowest BCUT2D eigenvalue weighted by atomic mass is 9.92. The van der Waals surface area contributed by atoms with E-state index in [1.807, 2.05) is 6.92 Å². The minimum atomic E-state index is -4.99. The molecule has 150 valence electrons. The van der Waals surface area contributed by atoms with Crippen LogP contribution in [0.3, 0.4) is 0 Å². The van der Waals surface area contributed by atoms with E-state index in [1.54, 1.807) is 25.1 Å². The summed E-state index contributed by atoms with van der Waals surface area (Å²) >= 11 is 0. The van der Waals surface area contributed by atoms with Crippen LogP contribution in [0.4, 0.5) is 13.2 Å². The van der Waals surface area contributed by atoms with E-state index in [1.165, 1.54) is 24.3 Å². The van der Waals surface area contributed by atoms with Gasteiger partial charge in [-0.05, 0) is 19.4 Å². The molecule has 1 saturated heterocycles. The molecule has 27 heavy (non-hydrogen) atoms. The average molecular weight is 386 g/mol. The number of ether oxygens (including phenoxy) is 3. The number of esters is 1. The molecule has 7 heteroatoms. The number of carbonyl (C=O) groups excluding carboxylic acids is 1. The Balaban J connectivity index is 2.29. The van der Waals surface area contributed by atoms with Crippen LogP contribution in [-0.2, 0) is 24.6 Å². The summed E-state index contributed by atoms with van der Waals surface area (Å²) in [6.07, 6.45) is -0.448. The van der Waals surface area contributed by atoms with Crippen LogP contribution in [0.25, 0.3) is 0 Å². The number of halogens is 3. The van der Waals surface area contributed by atoms with Crippen LogP contribution in [0.5, 0.6) is 0 Å². The molecule has 1 fully saturated rings. The zero-order chi connectivity index (χ0) is 20.1. The third-order valence-electron chi connectivity index (χ3n) is 4.55. The van der Waals surface area contributed by atoms with Gasteiger partial charge in [-0.1, -0.05) is 56.2 Å². The summed E-state index contributed by atoms with van der Waals surface area (Å²) in [6, 6.07) is 6.78. The highest BCUT2D eigenvalue weighted by Gasteiger charge is 2.64. The minimum absolute atomic E-state index is 0.182. The Kier molecular flexibility index (Phi) is 7.06. The Morgan fingerprint density at radius 3 is 2.41 bits per heavy atom. The first kappa shape index (κ1) is 21.4. The molecule has 2 rings (SSSR count). The molecule has 4 atom stereocenters. The second-order valence-electron chi connectivity index (χ2n) is 6.50. The molecule has 0 amide bonds. The highest BCUT2D eigenvalue weighted by molar-refractivity contribution is 5.83. The predicted molar refractivity (Wildman–Crippen MR) is 94.1 cm³/mol. The minimum Gasteiger partial charge on any atom is -0.453 e. The number of rotatable bonds is 9. The van der Waals surface area contributed by atoms with Crippen molar-refractivity contribution in [3.05, 3.63) is 48.0 Å². The van der Waals surface area contributed by atoms with E-state index < -0.39 is 30.0 Å². The number of carbonyl (C=O) groups is 1. The number of alkyl halides is 3. The van der Waals surface area contributed by atoms with Gasteiger partial charge in [0.1, 0.15) is 12.2 Å². The third-order valence-corrected chi connectivity index (χ3v) is 4.55. The molecule has 0 aromatic heterocycles. The Hall–Kier alpha value is -1.86. The van der Waals surface area contributed by atoms with E-state index in [4.69, 9.17) is 14.2 Å². The van der Waals surface area contributed by atoms with Crippen LogP contribution in [0, 0.1) is 0 Å². The van der Waals surface area contributed by atoms with Crippen molar-refractivity contribution in [2.45, 2.75) is 63.2 Å². The van der Waals surface area contributed by atoms with Gasteiger partial charge in [-0.15, -0.1) is 0 Å². The van der Waals surface area contributed by atoms with Crippen LogP contribution < -0.4 is 0 Å². The highest BCUT2D eigenvalue weighted by Crippen LogP contribution is 2.43. The van der Waals surface area contributed by atoms with Crippen molar-refractivity contribution in [2.75, 3.05) is 7.11 Å². The van der Waals surface area contributed by atoms with Crippen LogP contribution in [0.2, 0.25) is 0 Å². The van der Waals surface area contributed by atoms with E-state index in [-0.39, 0.29) is 11.7 Å². The molecule has 0 spiro atoms. The van der Waals surface area contributed by atoms with Crippen molar-refractivity contribution in [1.29, 1.82) is 0 Å². The second-order valence-corrected chi connectivity index (χ2v) is 6.50. The van der Waals surface area contributed by atoms with Gasteiger partial charge in [0.25, 0.3) is 5.60 Å². The SMILES string of the molecule is CCCC/C=C/[C@H](OC(=O)[C@@](OC)(c1ccccc1)C(F)(F)F)[C@H]1O[C@H]1C. The Labute approximate surface area is 157 Å². The van der Waals surface area contributed by atoms with Crippen molar-refractivity contribution in [2.24, 2.45) is 0 Å². The summed E-state index contributed by atoms with van der Waals surface area (Å²) in [5.41, 5.74) is -3.52. The molecule has 0 bridgehead atoms. The van der Waals surface area contributed by atoms with Gasteiger partial charge in [0, 0.05) is 12.7 Å². The highest BCUT2D eigenvalue weighted by atomic mass is 19.4. The zero-order valence-corrected chi connectivity index (χ0v) is 15.7. The van der Waals surface area contributed by atoms with Gasteiger partial charge in [-0.3, -0.25) is 0 Å². The van der Waals surface area contributed by atoms with E-state index >= 15 is 0 Å². The second kappa shape index (κ2) is 8.89. The quantitative estimate of drug-likeness (QED) is 0.271. The van der Waals surface area contributed by atoms with E-state index in [2.05, 4.69) is 0 Å². The number of benzene rings is 1. The molecule has 1 heterocycles. The molecular formula is C20H25F3O4. The van der Waals surface area contributed by atoms with Gasteiger partial charge in [-0.2, -0.15) is 13.2 Å². The van der Waals surface area contributed by atoms with E-state index in [9.17, 15) is 18.0 Å². The largest absolute Gasteiger partial charge is 0.453 e. The lowest BCUT2D eigenvalue weighted by molar-refractivity contribution is -0.277. The summed E-state index contributed by atoms with van der Waals surface area (Å²) in [4.78, 5) is 12.7. The van der Waals surface area contributed by atoms with Crippen molar-refractivity contribution >= 4 is 5.97 Å². The van der Waals surface area contributed by atoms with Gasteiger partial charge in [0.15, 0.2) is 0 Å². The number of epoxide rings is 1. The third kappa shape index (κ3) is 4.71. The summed E-state index contributed by atoms with van der Waals surface area (Å²) in [5.74, 6) is -1.50. The number of allylic oxidation sites excluding steroid dienone is 1. The molecule has 4 nitrogen and oxygen atoms in total. The Bertz CT molecular complexity index is 644. The number of unbranched alkanes of at least 4 members (excludes halogenated alkanes) is 2. The average Bonchev–Trinajstić information content (AvgIpc) is 3.35. The molecule has 0 unspecified atom stereocenters. The first-order chi connectivity index (χ1) is 12.8. The van der Waals surface area contributed by atoms with Gasteiger partial charge >= 0.3 is 12.1 Å². The van der Waals surface area contributed by atoms with E-state index in [0.29, 0.717) is 0 Å². The normalized spacial score (nSPS) is 23.0. The molecular weight excluding hydrogens is 361 g/mol. The standard InChI is InChI=1S/C20H25F3O4/c1-4-5-6-10-13-16(17-14(2)26-17)27-18(24)19(25-3,20(21,22)23)15-11-8-7-9-12-15/h7-14,16-17H,4-6H2,1-3H3/b13-10+/t14-,16-,17-,19-/m0/s1. The fraction of sp³-hybridized carbons (Fsp3) is 0.550. The van der Waals surface area contributed by atoms with Gasteiger partial charge in [0.2, 0.25) is 0 Å². The van der Waals surface area contributed by atoms with Crippen molar-refractivity contribution in [1.82, 2.24) is 0 Å². The molecule has 1 aliphatic rings. The molecule has 0 aliphatic carbocycles. The molecule has 0 N–H and O–H groups in total. The zero-order valence-electron chi connectivity index (χ0n) is 15.7. The molecule has 1 aromatic carbocycles.